The highest BCUT2D eigenvalue weighted by molar-refractivity contribution is 7.14. The van der Waals surface area contributed by atoms with Gasteiger partial charge in [0.1, 0.15) is 0 Å². The maximum atomic E-state index is 12.8. The molecule has 2 aromatic heterocycles. The van der Waals surface area contributed by atoms with Crippen LogP contribution >= 0.6 is 11.3 Å². The first kappa shape index (κ1) is 19.7. The number of nitrogens with one attached hydrogen (secondary N) is 1. The van der Waals surface area contributed by atoms with E-state index in [1.54, 1.807) is 11.6 Å². The number of para-hydroxylation sites is 1. The quantitative estimate of drug-likeness (QED) is 0.530. The minimum absolute atomic E-state index is 0.173. The lowest BCUT2D eigenvalue weighted by atomic mass is 10.0. The molecule has 0 bridgehead atoms. The molecule has 0 aliphatic carbocycles. The van der Waals surface area contributed by atoms with E-state index < -0.39 is 11.3 Å². The number of thiazole rings is 1. The highest BCUT2D eigenvalue weighted by atomic mass is 32.1. The van der Waals surface area contributed by atoms with E-state index in [1.807, 2.05) is 55.6 Å². The molecule has 1 N–H and O–H groups in total. The lowest BCUT2D eigenvalue weighted by Crippen LogP contribution is -2.26. The molecule has 2 aromatic carbocycles. The van der Waals surface area contributed by atoms with Crippen molar-refractivity contribution in [2.24, 2.45) is 0 Å². The summed E-state index contributed by atoms with van der Waals surface area (Å²) in [5.41, 5.74) is 4.87. The Balaban J connectivity index is 1.63. The third-order valence-corrected chi connectivity index (χ3v) is 5.47. The number of aryl methyl sites for hydroxylation is 3. The van der Waals surface area contributed by atoms with Gasteiger partial charge in [0, 0.05) is 22.7 Å². The summed E-state index contributed by atoms with van der Waals surface area (Å²) in [6.45, 7) is 5.83. The number of carbonyl (C=O) groups excluding carboxylic acids is 1. The first-order chi connectivity index (χ1) is 14.4. The van der Waals surface area contributed by atoms with Crippen LogP contribution in [0.1, 0.15) is 27.3 Å². The molecule has 4 rings (SSSR count). The predicted molar refractivity (Wildman–Crippen MR) is 120 cm³/mol. The maximum Gasteiger partial charge on any atom is 0.281 e. The van der Waals surface area contributed by atoms with Crippen molar-refractivity contribution in [1.29, 1.82) is 0 Å². The molecule has 30 heavy (non-hydrogen) atoms. The van der Waals surface area contributed by atoms with Crippen molar-refractivity contribution in [3.8, 4) is 16.9 Å². The Hall–Kier alpha value is -3.58. The molecule has 0 radical (unpaired) electrons. The van der Waals surface area contributed by atoms with Gasteiger partial charge in [-0.3, -0.25) is 14.9 Å². The Morgan fingerprint density at radius 3 is 2.57 bits per heavy atom. The fourth-order valence-electron chi connectivity index (χ4n) is 3.16. The molecule has 0 saturated heterocycles. The van der Waals surface area contributed by atoms with Crippen LogP contribution in [0.5, 0.6) is 0 Å². The van der Waals surface area contributed by atoms with Crippen LogP contribution in [0, 0.1) is 20.8 Å². The number of aromatic nitrogens is 3. The standard InChI is InChI=1S/C23H20N4O2S/c1-14-9-10-15(2)18(11-14)19-13-30-23(24-19)25-22(29)21-20(28)12-16(3)27(26-21)17-7-5-4-6-8-17/h4-13H,1-3H3,(H,24,25,29). The largest absolute Gasteiger partial charge is 0.296 e. The zero-order valence-electron chi connectivity index (χ0n) is 16.8. The molecule has 6 nitrogen and oxygen atoms in total. The zero-order valence-corrected chi connectivity index (χ0v) is 17.7. The Labute approximate surface area is 177 Å². The van der Waals surface area contributed by atoms with Crippen molar-refractivity contribution < 1.29 is 4.79 Å². The van der Waals surface area contributed by atoms with Crippen LogP contribution in [0.25, 0.3) is 16.9 Å². The van der Waals surface area contributed by atoms with Gasteiger partial charge >= 0.3 is 0 Å². The molecule has 4 aromatic rings. The smallest absolute Gasteiger partial charge is 0.281 e. The number of nitrogens with zero attached hydrogens (tertiary/aromatic N) is 3. The van der Waals surface area contributed by atoms with E-state index in [-0.39, 0.29) is 5.69 Å². The third-order valence-electron chi connectivity index (χ3n) is 4.72. The number of rotatable bonds is 4. The van der Waals surface area contributed by atoms with Crippen LogP contribution < -0.4 is 10.7 Å². The fourth-order valence-corrected chi connectivity index (χ4v) is 3.86. The molecule has 0 saturated carbocycles. The van der Waals surface area contributed by atoms with E-state index in [9.17, 15) is 9.59 Å². The molecule has 7 heteroatoms. The molecule has 150 valence electrons. The summed E-state index contributed by atoms with van der Waals surface area (Å²) in [5, 5.41) is 9.32. The van der Waals surface area contributed by atoms with E-state index in [1.165, 1.54) is 17.4 Å². The number of hydrogen-bond acceptors (Lipinski definition) is 5. The summed E-state index contributed by atoms with van der Waals surface area (Å²) < 4.78 is 1.58. The van der Waals surface area contributed by atoms with Crippen LogP contribution in [-0.4, -0.2) is 20.7 Å². The van der Waals surface area contributed by atoms with Crippen LogP contribution in [0.15, 0.2) is 64.8 Å². The second-order valence-corrected chi connectivity index (χ2v) is 7.91. The minimum Gasteiger partial charge on any atom is -0.296 e. The SMILES string of the molecule is Cc1ccc(C)c(-c2csc(NC(=O)c3nn(-c4ccccc4)c(C)cc3=O)n2)c1. The maximum absolute atomic E-state index is 12.8. The summed E-state index contributed by atoms with van der Waals surface area (Å²) in [4.78, 5) is 29.7. The summed E-state index contributed by atoms with van der Waals surface area (Å²) in [5.74, 6) is -0.577. The Morgan fingerprint density at radius 1 is 1.03 bits per heavy atom. The number of hydrogen-bond donors (Lipinski definition) is 1. The lowest BCUT2D eigenvalue weighted by Gasteiger charge is -2.10. The van der Waals surface area contributed by atoms with Crippen molar-refractivity contribution in [1.82, 2.24) is 14.8 Å². The fraction of sp³-hybridized carbons (Fsp3) is 0.130. The molecule has 0 aliphatic rings. The first-order valence-electron chi connectivity index (χ1n) is 9.43. The van der Waals surface area contributed by atoms with Crippen LogP contribution in [-0.2, 0) is 0 Å². The molecule has 0 fully saturated rings. The van der Waals surface area contributed by atoms with Crippen molar-refractivity contribution in [2.45, 2.75) is 20.8 Å². The van der Waals surface area contributed by atoms with E-state index in [0.717, 1.165) is 28.1 Å². The summed E-state index contributed by atoms with van der Waals surface area (Å²) in [6.07, 6.45) is 0. The zero-order chi connectivity index (χ0) is 21.3. The van der Waals surface area contributed by atoms with Crippen LogP contribution in [0.2, 0.25) is 0 Å². The van der Waals surface area contributed by atoms with Gasteiger partial charge in [-0.25, -0.2) is 9.67 Å². The number of anilines is 1. The van der Waals surface area contributed by atoms with Crippen molar-refractivity contribution in [3.05, 3.63) is 92.7 Å². The van der Waals surface area contributed by atoms with Gasteiger partial charge in [0.05, 0.1) is 11.4 Å². The highest BCUT2D eigenvalue weighted by Gasteiger charge is 2.17. The Morgan fingerprint density at radius 2 is 1.80 bits per heavy atom. The summed E-state index contributed by atoms with van der Waals surface area (Å²) in [7, 11) is 0. The van der Waals surface area contributed by atoms with Crippen molar-refractivity contribution in [2.75, 3.05) is 5.32 Å². The second-order valence-electron chi connectivity index (χ2n) is 7.06. The molecule has 1 amide bonds. The summed E-state index contributed by atoms with van der Waals surface area (Å²) >= 11 is 1.31. The Kier molecular flexibility index (Phi) is 5.29. The number of benzene rings is 2. The molecule has 0 spiro atoms. The third kappa shape index (κ3) is 3.92. The van der Waals surface area contributed by atoms with E-state index >= 15 is 0 Å². The van der Waals surface area contributed by atoms with E-state index in [4.69, 9.17) is 0 Å². The van der Waals surface area contributed by atoms with Gasteiger partial charge in [0.25, 0.3) is 5.91 Å². The number of amides is 1. The molecular formula is C23H20N4O2S. The average molecular weight is 417 g/mol. The summed E-state index contributed by atoms with van der Waals surface area (Å²) in [6, 6.07) is 16.9. The van der Waals surface area contributed by atoms with Crippen molar-refractivity contribution >= 4 is 22.4 Å². The molecule has 0 atom stereocenters. The van der Waals surface area contributed by atoms with Gasteiger partial charge in [-0.15, -0.1) is 11.3 Å². The van der Waals surface area contributed by atoms with Gasteiger partial charge < -0.3 is 0 Å². The second kappa shape index (κ2) is 8.04. The minimum atomic E-state index is -0.577. The first-order valence-corrected chi connectivity index (χ1v) is 10.3. The van der Waals surface area contributed by atoms with Gasteiger partial charge in [0.15, 0.2) is 10.8 Å². The highest BCUT2D eigenvalue weighted by Crippen LogP contribution is 2.28. The topological polar surface area (TPSA) is 76.9 Å². The molecule has 0 aliphatic heterocycles. The molecule has 2 heterocycles. The van der Waals surface area contributed by atoms with Crippen LogP contribution in [0.4, 0.5) is 5.13 Å². The van der Waals surface area contributed by atoms with Crippen LogP contribution in [0.3, 0.4) is 0 Å². The monoisotopic (exact) mass is 416 g/mol. The van der Waals surface area contributed by atoms with Gasteiger partial charge in [-0.05, 0) is 44.5 Å². The van der Waals surface area contributed by atoms with Gasteiger partial charge in [0.2, 0.25) is 5.43 Å². The van der Waals surface area contributed by atoms with Gasteiger partial charge in [-0.1, -0.05) is 35.9 Å². The van der Waals surface area contributed by atoms with E-state index in [0.29, 0.717) is 10.8 Å². The molecule has 0 unspecified atom stereocenters. The normalized spacial score (nSPS) is 10.8. The average Bonchev–Trinajstić information content (AvgIpc) is 3.18. The predicted octanol–water partition coefficient (Wildman–Crippen LogP) is 4.53. The van der Waals surface area contributed by atoms with Gasteiger partial charge in [-0.2, -0.15) is 5.10 Å². The lowest BCUT2D eigenvalue weighted by molar-refractivity contribution is 0.101. The Bertz CT molecular complexity index is 1290. The van der Waals surface area contributed by atoms with E-state index in [2.05, 4.69) is 27.5 Å². The number of carbonyl (C=O) groups is 1. The molecular weight excluding hydrogens is 396 g/mol. The van der Waals surface area contributed by atoms with Crippen molar-refractivity contribution in [3.63, 3.8) is 0 Å².